The van der Waals surface area contributed by atoms with E-state index in [4.69, 9.17) is 0 Å². The third-order valence-electron chi connectivity index (χ3n) is 3.32. The number of fused-ring (bicyclic) bond motifs is 1. The molecule has 0 saturated carbocycles. The predicted octanol–water partition coefficient (Wildman–Crippen LogP) is 3.35. The molecule has 1 unspecified atom stereocenters. The van der Waals surface area contributed by atoms with Crippen LogP contribution >= 0.6 is 11.8 Å². The number of nitrogens with one attached hydrogen (secondary N) is 1. The van der Waals surface area contributed by atoms with Crippen LogP contribution in [0.25, 0.3) is 0 Å². The van der Waals surface area contributed by atoms with Crippen molar-refractivity contribution in [3.8, 4) is 0 Å². The highest BCUT2D eigenvalue weighted by Gasteiger charge is 2.22. The fourth-order valence-electron chi connectivity index (χ4n) is 2.28. The smallest absolute Gasteiger partial charge is 0.175 e. The first-order chi connectivity index (χ1) is 9.54. The third kappa shape index (κ3) is 2.69. The van der Waals surface area contributed by atoms with E-state index in [1.54, 1.807) is 12.1 Å². The SMILES string of the molecule is CS(=O)(=O)c1ccc(NC2CSc3ccccc32)cc1. The summed E-state index contributed by atoms with van der Waals surface area (Å²) < 4.78 is 22.9. The Morgan fingerprint density at radius 2 is 1.80 bits per heavy atom. The van der Waals surface area contributed by atoms with E-state index in [9.17, 15) is 8.42 Å². The van der Waals surface area contributed by atoms with E-state index in [0.29, 0.717) is 4.90 Å². The highest BCUT2D eigenvalue weighted by Crippen LogP contribution is 2.39. The van der Waals surface area contributed by atoms with Crippen LogP contribution in [0.5, 0.6) is 0 Å². The maximum Gasteiger partial charge on any atom is 0.175 e. The molecule has 0 spiro atoms. The summed E-state index contributed by atoms with van der Waals surface area (Å²) in [5, 5.41) is 3.46. The molecule has 0 aliphatic carbocycles. The van der Waals surface area contributed by atoms with Crippen molar-refractivity contribution < 1.29 is 8.42 Å². The number of rotatable bonds is 3. The molecule has 104 valence electrons. The standard InChI is InChI=1S/C15H15NO2S2/c1-20(17,18)12-8-6-11(7-9-12)16-14-10-19-15-5-3-2-4-13(14)15/h2-9,14,16H,10H2,1H3. The van der Waals surface area contributed by atoms with Gasteiger partial charge < -0.3 is 5.32 Å². The highest BCUT2D eigenvalue weighted by molar-refractivity contribution is 7.99. The van der Waals surface area contributed by atoms with Gasteiger partial charge in [0.25, 0.3) is 0 Å². The van der Waals surface area contributed by atoms with E-state index in [0.717, 1.165) is 11.4 Å². The molecule has 1 heterocycles. The van der Waals surface area contributed by atoms with Crippen molar-refractivity contribution in [1.29, 1.82) is 0 Å². The van der Waals surface area contributed by atoms with Crippen LogP contribution in [0.15, 0.2) is 58.3 Å². The van der Waals surface area contributed by atoms with Gasteiger partial charge in [-0.3, -0.25) is 0 Å². The molecule has 5 heteroatoms. The molecule has 2 aromatic carbocycles. The fraction of sp³-hybridized carbons (Fsp3) is 0.200. The van der Waals surface area contributed by atoms with Crippen molar-refractivity contribution >= 4 is 27.3 Å². The Morgan fingerprint density at radius 1 is 1.10 bits per heavy atom. The molecule has 1 N–H and O–H groups in total. The number of hydrogen-bond donors (Lipinski definition) is 1. The van der Waals surface area contributed by atoms with Gasteiger partial charge in [0.05, 0.1) is 10.9 Å². The molecule has 0 bridgehead atoms. The first kappa shape index (κ1) is 13.5. The number of benzene rings is 2. The van der Waals surface area contributed by atoms with Gasteiger partial charge in [-0.15, -0.1) is 11.8 Å². The van der Waals surface area contributed by atoms with E-state index in [2.05, 4.69) is 23.5 Å². The van der Waals surface area contributed by atoms with Crippen molar-refractivity contribution in [3.05, 3.63) is 54.1 Å². The second-order valence-electron chi connectivity index (χ2n) is 4.84. The van der Waals surface area contributed by atoms with Crippen LogP contribution in [-0.4, -0.2) is 20.4 Å². The zero-order valence-corrected chi connectivity index (χ0v) is 12.7. The Hall–Kier alpha value is -1.46. The zero-order chi connectivity index (χ0) is 14.2. The maximum absolute atomic E-state index is 11.4. The first-order valence-electron chi connectivity index (χ1n) is 6.32. The van der Waals surface area contributed by atoms with Crippen molar-refractivity contribution in [2.75, 3.05) is 17.3 Å². The number of sulfone groups is 1. The van der Waals surface area contributed by atoms with Gasteiger partial charge in [0.2, 0.25) is 0 Å². The van der Waals surface area contributed by atoms with Gasteiger partial charge in [-0.05, 0) is 35.9 Å². The molecule has 2 aromatic rings. The minimum Gasteiger partial charge on any atom is -0.377 e. The Bertz CT molecular complexity index is 724. The molecular weight excluding hydrogens is 290 g/mol. The summed E-state index contributed by atoms with van der Waals surface area (Å²) in [5.74, 6) is 0.993. The molecule has 1 atom stereocenters. The van der Waals surface area contributed by atoms with E-state index >= 15 is 0 Å². The summed E-state index contributed by atoms with van der Waals surface area (Å²) >= 11 is 1.84. The molecule has 0 amide bonds. The first-order valence-corrected chi connectivity index (χ1v) is 9.20. The minimum absolute atomic E-state index is 0.278. The Labute approximate surface area is 123 Å². The van der Waals surface area contributed by atoms with Crippen LogP contribution in [0.4, 0.5) is 5.69 Å². The van der Waals surface area contributed by atoms with E-state index in [1.165, 1.54) is 16.7 Å². The third-order valence-corrected chi connectivity index (χ3v) is 5.63. The molecule has 3 rings (SSSR count). The Balaban J connectivity index is 1.80. The second-order valence-corrected chi connectivity index (χ2v) is 7.92. The summed E-state index contributed by atoms with van der Waals surface area (Å²) in [7, 11) is -3.13. The zero-order valence-electron chi connectivity index (χ0n) is 11.0. The molecule has 0 radical (unpaired) electrons. The fourth-order valence-corrected chi connectivity index (χ4v) is 4.07. The van der Waals surface area contributed by atoms with Crippen LogP contribution in [0.3, 0.4) is 0 Å². The van der Waals surface area contributed by atoms with Gasteiger partial charge in [-0.2, -0.15) is 0 Å². The molecule has 20 heavy (non-hydrogen) atoms. The van der Waals surface area contributed by atoms with Gasteiger partial charge in [0.15, 0.2) is 9.84 Å². The average molecular weight is 305 g/mol. The van der Waals surface area contributed by atoms with E-state index in [1.807, 2.05) is 30.0 Å². The summed E-state index contributed by atoms with van der Waals surface area (Å²) in [4.78, 5) is 1.67. The van der Waals surface area contributed by atoms with Crippen molar-refractivity contribution in [3.63, 3.8) is 0 Å². The summed E-state index contributed by atoms with van der Waals surface area (Å²) in [6.07, 6.45) is 1.22. The maximum atomic E-state index is 11.4. The molecule has 0 fully saturated rings. The van der Waals surface area contributed by atoms with Gasteiger partial charge in [-0.1, -0.05) is 18.2 Å². The average Bonchev–Trinajstić information content (AvgIpc) is 2.82. The lowest BCUT2D eigenvalue weighted by Crippen LogP contribution is -2.09. The van der Waals surface area contributed by atoms with E-state index in [-0.39, 0.29) is 6.04 Å². The quantitative estimate of drug-likeness (QED) is 0.944. The van der Waals surface area contributed by atoms with Crippen LogP contribution in [0.1, 0.15) is 11.6 Å². The summed E-state index contributed by atoms with van der Waals surface area (Å²) in [6, 6.07) is 15.6. The van der Waals surface area contributed by atoms with E-state index < -0.39 is 9.84 Å². The molecule has 1 aliphatic heterocycles. The predicted molar refractivity (Wildman–Crippen MR) is 83.1 cm³/mol. The van der Waals surface area contributed by atoms with Crippen LogP contribution < -0.4 is 5.32 Å². The number of anilines is 1. The van der Waals surface area contributed by atoms with Gasteiger partial charge in [0.1, 0.15) is 0 Å². The molecule has 0 saturated heterocycles. The van der Waals surface area contributed by atoms with Crippen LogP contribution in [0, 0.1) is 0 Å². The Kier molecular flexibility index (Phi) is 3.48. The minimum atomic E-state index is -3.13. The topological polar surface area (TPSA) is 46.2 Å². The number of hydrogen-bond acceptors (Lipinski definition) is 4. The van der Waals surface area contributed by atoms with Crippen LogP contribution in [-0.2, 0) is 9.84 Å². The van der Waals surface area contributed by atoms with Gasteiger partial charge in [-0.25, -0.2) is 8.42 Å². The largest absolute Gasteiger partial charge is 0.377 e. The van der Waals surface area contributed by atoms with Crippen molar-refractivity contribution in [2.45, 2.75) is 15.8 Å². The normalized spacial score (nSPS) is 17.8. The van der Waals surface area contributed by atoms with Gasteiger partial charge in [0, 0.05) is 22.6 Å². The second kappa shape index (κ2) is 5.14. The van der Waals surface area contributed by atoms with Crippen LogP contribution in [0.2, 0.25) is 0 Å². The number of thioether (sulfide) groups is 1. The Morgan fingerprint density at radius 3 is 2.50 bits per heavy atom. The highest BCUT2D eigenvalue weighted by atomic mass is 32.2. The monoisotopic (exact) mass is 305 g/mol. The lowest BCUT2D eigenvalue weighted by Gasteiger charge is -2.15. The molecule has 3 nitrogen and oxygen atoms in total. The summed E-state index contributed by atoms with van der Waals surface area (Å²) in [6.45, 7) is 0. The molecular formula is C15H15NO2S2. The molecule has 0 aromatic heterocycles. The van der Waals surface area contributed by atoms with Gasteiger partial charge >= 0.3 is 0 Å². The van der Waals surface area contributed by atoms with Crippen molar-refractivity contribution in [2.24, 2.45) is 0 Å². The molecule has 1 aliphatic rings. The lowest BCUT2D eigenvalue weighted by molar-refractivity contribution is 0.602. The summed E-state index contributed by atoms with van der Waals surface area (Å²) in [5.41, 5.74) is 2.25. The lowest BCUT2D eigenvalue weighted by atomic mass is 10.1. The van der Waals surface area contributed by atoms with Crippen molar-refractivity contribution in [1.82, 2.24) is 0 Å².